The van der Waals surface area contributed by atoms with Crippen LogP contribution in [0.25, 0.3) is 0 Å². The van der Waals surface area contributed by atoms with Gasteiger partial charge in [-0.05, 0) is 14.0 Å². The molecule has 1 amide bonds. The molecule has 23 heavy (non-hydrogen) atoms. The highest BCUT2D eigenvalue weighted by molar-refractivity contribution is 5.94. The van der Waals surface area contributed by atoms with E-state index in [-0.39, 0.29) is 12.5 Å². The van der Waals surface area contributed by atoms with Crippen LogP contribution in [-0.4, -0.2) is 74.6 Å². The van der Waals surface area contributed by atoms with Crippen LogP contribution in [0.5, 0.6) is 0 Å². The van der Waals surface area contributed by atoms with Crippen LogP contribution in [0.1, 0.15) is 21.9 Å². The molecule has 1 aliphatic rings. The minimum absolute atomic E-state index is 0.203. The molecule has 0 spiro atoms. The van der Waals surface area contributed by atoms with Gasteiger partial charge in [0.25, 0.3) is 5.91 Å². The zero-order chi connectivity index (χ0) is 16.2. The molecular weight excluding hydrogens is 298 g/mol. The topological polar surface area (TPSA) is 116 Å². The lowest BCUT2D eigenvalue weighted by Crippen LogP contribution is -2.45. The van der Waals surface area contributed by atoms with Gasteiger partial charge in [-0.2, -0.15) is 5.21 Å². The lowest BCUT2D eigenvalue weighted by molar-refractivity contribution is 0.0948. The van der Waals surface area contributed by atoms with Crippen LogP contribution in [0.4, 0.5) is 5.95 Å². The number of hydrogen-bond acceptors (Lipinski definition) is 8. The molecule has 3 heterocycles. The number of carbonyl (C=O) groups is 1. The van der Waals surface area contributed by atoms with Gasteiger partial charge in [-0.3, -0.25) is 4.79 Å². The molecular formula is C13H19N9O. The molecule has 0 unspecified atom stereocenters. The smallest absolute Gasteiger partial charge is 0.255 e. The molecule has 1 saturated heterocycles. The van der Waals surface area contributed by atoms with E-state index in [0.717, 1.165) is 26.2 Å². The van der Waals surface area contributed by atoms with Crippen molar-refractivity contribution in [2.45, 2.75) is 13.5 Å². The summed E-state index contributed by atoms with van der Waals surface area (Å²) in [7, 11) is 2.10. The molecule has 1 aliphatic heterocycles. The number of carbonyl (C=O) groups excluding carboxylic acids is 1. The first-order valence-corrected chi connectivity index (χ1v) is 7.41. The van der Waals surface area contributed by atoms with Crippen molar-refractivity contribution in [1.82, 2.24) is 40.8 Å². The van der Waals surface area contributed by atoms with Crippen molar-refractivity contribution in [2.24, 2.45) is 0 Å². The summed E-state index contributed by atoms with van der Waals surface area (Å²) in [4.78, 5) is 25.4. The van der Waals surface area contributed by atoms with E-state index >= 15 is 0 Å². The Morgan fingerprint density at radius 2 is 2.13 bits per heavy atom. The van der Waals surface area contributed by atoms with Gasteiger partial charge in [0, 0.05) is 32.4 Å². The largest absolute Gasteiger partial charge is 0.344 e. The van der Waals surface area contributed by atoms with Crippen LogP contribution < -0.4 is 10.2 Å². The highest BCUT2D eigenvalue weighted by Crippen LogP contribution is 2.13. The summed E-state index contributed by atoms with van der Waals surface area (Å²) in [5.41, 5.74) is 1.10. The molecule has 2 aromatic heterocycles. The summed E-state index contributed by atoms with van der Waals surface area (Å²) < 4.78 is 0. The van der Waals surface area contributed by atoms with E-state index in [0.29, 0.717) is 23.0 Å². The second kappa shape index (κ2) is 6.65. The van der Waals surface area contributed by atoms with Gasteiger partial charge in [-0.1, -0.05) is 5.21 Å². The monoisotopic (exact) mass is 317 g/mol. The molecule has 0 saturated carbocycles. The number of anilines is 1. The average Bonchev–Trinajstić information content (AvgIpc) is 3.06. The van der Waals surface area contributed by atoms with Gasteiger partial charge in [0.05, 0.1) is 17.8 Å². The summed E-state index contributed by atoms with van der Waals surface area (Å²) in [5.74, 6) is 0.841. The Hall–Kier alpha value is -2.62. The summed E-state index contributed by atoms with van der Waals surface area (Å²) in [5, 5.41) is 16.1. The van der Waals surface area contributed by atoms with Crippen molar-refractivity contribution in [1.29, 1.82) is 0 Å². The quantitative estimate of drug-likeness (QED) is 0.736. The van der Waals surface area contributed by atoms with Gasteiger partial charge in [0.2, 0.25) is 5.95 Å². The van der Waals surface area contributed by atoms with Gasteiger partial charge >= 0.3 is 0 Å². The van der Waals surface area contributed by atoms with E-state index < -0.39 is 0 Å². The summed E-state index contributed by atoms with van der Waals surface area (Å²) in [6.45, 7) is 5.75. The number of amides is 1. The Morgan fingerprint density at radius 3 is 2.78 bits per heavy atom. The molecule has 0 aromatic carbocycles. The normalized spacial score (nSPS) is 15.7. The number of aromatic nitrogens is 6. The number of aryl methyl sites for hydroxylation is 1. The zero-order valence-corrected chi connectivity index (χ0v) is 13.2. The van der Waals surface area contributed by atoms with Crippen LogP contribution in [0.2, 0.25) is 0 Å². The summed E-state index contributed by atoms with van der Waals surface area (Å²) >= 11 is 0. The molecule has 0 atom stereocenters. The number of tetrazole rings is 1. The fourth-order valence-electron chi connectivity index (χ4n) is 2.35. The molecule has 10 nitrogen and oxygen atoms in total. The molecule has 0 bridgehead atoms. The molecule has 1 fully saturated rings. The highest BCUT2D eigenvalue weighted by atomic mass is 16.1. The van der Waals surface area contributed by atoms with Crippen LogP contribution in [0.15, 0.2) is 6.20 Å². The molecule has 2 aromatic rings. The highest BCUT2D eigenvalue weighted by Gasteiger charge is 2.18. The van der Waals surface area contributed by atoms with Crippen molar-refractivity contribution >= 4 is 11.9 Å². The molecule has 0 radical (unpaired) electrons. The van der Waals surface area contributed by atoms with Gasteiger partial charge in [0.15, 0.2) is 5.82 Å². The first kappa shape index (κ1) is 15.3. The Bertz CT molecular complexity index is 664. The van der Waals surface area contributed by atoms with E-state index in [1.54, 1.807) is 6.20 Å². The van der Waals surface area contributed by atoms with Gasteiger partial charge < -0.3 is 15.1 Å². The molecule has 122 valence electrons. The maximum atomic E-state index is 12.2. The van der Waals surface area contributed by atoms with Crippen LogP contribution >= 0.6 is 0 Å². The van der Waals surface area contributed by atoms with Crippen molar-refractivity contribution in [3.05, 3.63) is 23.3 Å². The maximum Gasteiger partial charge on any atom is 0.255 e. The molecule has 10 heteroatoms. The number of likely N-dealkylation sites (N-methyl/N-ethyl adjacent to an activating group) is 1. The Balaban J connectivity index is 1.65. The SMILES string of the molecule is Cc1nc(N2CCN(C)CC2)ncc1C(=O)NCc1nn[nH]n1. The summed E-state index contributed by atoms with van der Waals surface area (Å²) in [6, 6.07) is 0. The third-order valence-corrected chi connectivity index (χ3v) is 3.79. The predicted octanol–water partition coefficient (Wildman–Crippen LogP) is -1.02. The average molecular weight is 317 g/mol. The minimum atomic E-state index is -0.253. The maximum absolute atomic E-state index is 12.2. The van der Waals surface area contributed by atoms with Crippen molar-refractivity contribution in [3.63, 3.8) is 0 Å². The fourth-order valence-corrected chi connectivity index (χ4v) is 2.35. The van der Waals surface area contributed by atoms with Crippen LogP contribution in [0, 0.1) is 6.92 Å². The van der Waals surface area contributed by atoms with E-state index in [1.807, 2.05) is 6.92 Å². The van der Waals surface area contributed by atoms with E-state index in [1.165, 1.54) is 0 Å². The van der Waals surface area contributed by atoms with Gasteiger partial charge in [-0.25, -0.2) is 9.97 Å². The van der Waals surface area contributed by atoms with Gasteiger partial charge in [0.1, 0.15) is 0 Å². The van der Waals surface area contributed by atoms with E-state index in [9.17, 15) is 4.79 Å². The molecule has 2 N–H and O–H groups in total. The predicted molar refractivity (Wildman–Crippen MR) is 81.8 cm³/mol. The second-order valence-electron chi connectivity index (χ2n) is 5.47. The lowest BCUT2D eigenvalue weighted by Gasteiger charge is -2.32. The molecule has 0 aliphatic carbocycles. The van der Waals surface area contributed by atoms with Crippen molar-refractivity contribution in [2.75, 3.05) is 38.1 Å². The molecule has 3 rings (SSSR count). The van der Waals surface area contributed by atoms with Crippen LogP contribution in [0.3, 0.4) is 0 Å². The first-order chi connectivity index (χ1) is 11.1. The summed E-state index contributed by atoms with van der Waals surface area (Å²) in [6.07, 6.45) is 1.57. The van der Waals surface area contributed by atoms with E-state index in [4.69, 9.17) is 0 Å². The number of nitrogens with one attached hydrogen (secondary N) is 2. The lowest BCUT2D eigenvalue weighted by atomic mass is 10.2. The first-order valence-electron chi connectivity index (χ1n) is 7.41. The zero-order valence-electron chi connectivity index (χ0n) is 13.2. The fraction of sp³-hybridized carbons (Fsp3) is 0.538. The van der Waals surface area contributed by atoms with Crippen LogP contribution in [-0.2, 0) is 6.54 Å². The standard InChI is InChI=1S/C13H19N9O/c1-9-10(12(23)14-8-11-17-19-20-18-11)7-15-13(16-9)22-5-3-21(2)4-6-22/h7H,3-6,8H2,1-2H3,(H,14,23)(H,17,18,19,20). The number of nitrogens with zero attached hydrogens (tertiary/aromatic N) is 7. The number of aromatic amines is 1. The van der Waals surface area contributed by atoms with Crippen molar-refractivity contribution in [3.8, 4) is 0 Å². The Morgan fingerprint density at radius 1 is 1.35 bits per heavy atom. The minimum Gasteiger partial charge on any atom is -0.344 e. The third-order valence-electron chi connectivity index (χ3n) is 3.79. The van der Waals surface area contributed by atoms with Crippen molar-refractivity contribution < 1.29 is 4.79 Å². The Labute approximate surface area is 133 Å². The van der Waals surface area contributed by atoms with Gasteiger partial charge in [-0.15, -0.1) is 10.2 Å². The number of piperazine rings is 1. The Kier molecular flexibility index (Phi) is 4.42. The third kappa shape index (κ3) is 3.59. The number of hydrogen-bond donors (Lipinski definition) is 2. The number of H-pyrrole nitrogens is 1. The number of rotatable bonds is 4. The van der Waals surface area contributed by atoms with E-state index in [2.05, 4.69) is 52.8 Å². The second-order valence-corrected chi connectivity index (χ2v) is 5.47.